The van der Waals surface area contributed by atoms with Crippen LogP contribution in [0.1, 0.15) is 12.7 Å². The van der Waals surface area contributed by atoms with Gasteiger partial charge >= 0.3 is 5.97 Å². The predicted octanol–water partition coefficient (Wildman–Crippen LogP) is -0.591. The van der Waals surface area contributed by atoms with Crippen molar-refractivity contribution in [3.05, 3.63) is 29.2 Å². The quantitative estimate of drug-likeness (QED) is 0.319. The largest absolute Gasteiger partial charge is 0.577 e. The zero-order chi connectivity index (χ0) is 19.3. The number of rotatable bonds is 7. The number of carboxylic acid groups (broad SMARTS) is 1. The lowest BCUT2D eigenvalue weighted by Crippen LogP contribution is -2.52. The molecule has 140 valence electrons. The van der Waals surface area contributed by atoms with E-state index in [1.54, 1.807) is 6.92 Å². The first-order valence-corrected chi connectivity index (χ1v) is 8.38. The van der Waals surface area contributed by atoms with Gasteiger partial charge in [0.2, 0.25) is 0 Å². The Labute approximate surface area is 152 Å². The standard InChI is InChI=1S/C15H17N3O7S/c1-7-6-26-14(17-11(7)15(22)23)8(5-19)16-13(21)12(18-24-2)9-3-4-10(20)25-9/h3-5,8,14,17,20H,6H2,1-2H3,(H,16,21)(H,22,23)/p-1/b18-12-/t8-,14-/m1/s1. The molecule has 1 amide bonds. The van der Waals surface area contributed by atoms with Crippen LogP contribution in [0, 0.1) is 0 Å². The molecule has 2 heterocycles. The third-order valence-electron chi connectivity index (χ3n) is 3.39. The highest BCUT2D eigenvalue weighted by atomic mass is 32.2. The highest BCUT2D eigenvalue weighted by Crippen LogP contribution is 2.24. The van der Waals surface area contributed by atoms with Gasteiger partial charge in [0.1, 0.15) is 30.5 Å². The Kier molecular flexibility index (Phi) is 6.28. The summed E-state index contributed by atoms with van der Waals surface area (Å²) in [6, 6.07) is 1.30. The number of oxime groups is 1. The summed E-state index contributed by atoms with van der Waals surface area (Å²) in [7, 11) is 1.21. The van der Waals surface area contributed by atoms with Crippen molar-refractivity contribution in [3.63, 3.8) is 0 Å². The highest BCUT2D eigenvalue weighted by molar-refractivity contribution is 8.00. The summed E-state index contributed by atoms with van der Waals surface area (Å²) >= 11 is 1.27. The molecule has 0 radical (unpaired) electrons. The van der Waals surface area contributed by atoms with Crippen LogP contribution in [0.15, 0.2) is 33.0 Å². The van der Waals surface area contributed by atoms with Crippen molar-refractivity contribution in [3.8, 4) is 5.95 Å². The number of furan rings is 1. The summed E-state index contributed by atoms with van der Waals surface area (Å²) in [6.45, 7) is 1.66. The molecule has 0 saturated heterocycles. The molecule has 1 aromatic rings. The van der Waals surface area contributed by atoms with Crippen molar-refractivity contribution >= 4 is 35.6 Å². The highest BCUT2D eigenvalue weighted by Gasteiger charge is 2.31. The van der Waals surface area contributed by atoms with E-state index in [0.717, 1.165) is 6.07 Å². The maximum Gasteiger partial charge on any atom is 0.351 e. The van der Waals surface area contributed by atoms with Crippen molar-refractivity contribution < 1.29 is 33.9 Å². The van der Waals surface area contributed by atoms with Crippen LogP contribution >= 0.6 is 11.8 Å². The van der Waals surface area contributed by atoms with E-state index in [1.807, 2.05) is 0 Å². The number of aldehydes is 1. The summed E-state index contributed by atoms with van der Waals surface area (Å²) in [5, 5.41) is 28.3. The topological polar surface area (TPSA) is 153 Å². The second-order valence-corrected chi connectivity index (χ2v) is 6.34. The third kappa shape index (κ3) is 4.36. The Bertz CT molecular complexity index is 771. The molecule has 1 aliphatic rings. The van der Waals surface area contributed by atoms with Crippen molar-refractivity contribution in [2.45, 2.75) is 18.3 Å². The van der Waals surface area contributed by atoms with E-state index in [0.29, 0.717) is 17.6 Å². The SMILES string of the molecule is CO/N=C(\C(=O)N[C@H](C=O)[C@@H]1NC(C(=O)O)=C(C)CS1)c1ccc([O-])o1. The van der Waals surface area contributed by atoms with E-state index >= 15 is 0 Å². The number of carbonyl (C=O) groups excluding carboxylic acids is 2. The van der Waals surface area contributed by atoms with Crippen LogP contribution < -0.4 is 15.7 Å². The monoisotopic (exact) mass is 382 g/mol. The number of hydrogen-bond acceptors (Lipinski definition) is 9. The van der Waals surface area contributed by atoms with Gasteiger partial charge in [-0.15, -0.1) is 11.8 Å². The van der Waals surface area contributed by atoms with Crippen LogP contribution in [0.3, 0.4) is 0 Å². The van der Waals surface area contributed by atoms with Crippen LogP contribution in [-0.2, 0) is 19.2 Å². The fourth-order valence-corrected chi connectivity index (χ4v) is 3.28. The van der Waals surface area contributed by atoms with Gasteiger partial charge in [0, 0.05) is 11.5 Å². The Morgan fingerprint density at radius 3 is 2.85 bits per heavy atom. The molecule has 0 unspecified atom stereocenters. The molecule has 11 heteroatoms. The average molecular weight is 382 g/mol. The summed E-state index contributed by atoms with van der Waals surface area (Å²) in [5.74, 6) is -2.37. The molecule has 0 spiro atoms. The molecule has 0 aliphatic carbocycles. The van der Waals surface area contributed by atoms with E-state index in [4.69, 9.17) is 4.42 Å². The maximum absolute atomic E-state index is 12.4. The fraction of sp³-hybridized carbons (Fsp3) is 0.333. The zero-order valence-electron chi connectivity index (χ0n) is 13.8. The number of hydrogen-bond donors (Lipinski definition) is 3. The average Bonchev–Trinajstić information content (AvgIpc) is 3.03. The Hall–Kier alpha value is -2.95. The molecule has 26 heavy (non-hydrogen) atoms. The van der Waals surface area contributed by atoms with Gasteiger partial charge in [-0.25, -0.2) is 4.79 Å². The van der Waals surface area contributed by atoms with Crippen molar-refractivity contribution in [1.82, 2.24) is 10.6 Å². The summed E-state index contributed by atoms with van der Waals surface area (Å²) < 4.78 is 4.82. The van der Waals surface area contributed by atoms with Crippen LogP contribution in [0.5, 0.6) is 5.95 Å². The van der Waals surface area contributed by atoms with Gasteiger partial charge < -0.3 is 34.9 Å². The number of carbonyl (C=O) groups is 3. The lowest BCUT2D eigenvalue weighted by molar-refractivity contribution is -0.294. The van der Waals surface area contributed by atoms with Crippen LogP contribution in [0.4, 0.5) is 0 Å². The van der Waals surface area contributed by atoms with Crippen molar-refractivity contribution in [1.29, 1.82) is 0 Å². The summed E-state index contributed by atoms with van der Waals surface area (Å²) in [5.41, 5.74) is 0.282. The van der Waals surface area contributed by atoms with Crippen molar-refractivity contribution in [2.24, 2.45) is 5.16 Å². The number of aliphatic carboxylic acids is 1. The van der Waals surface area contributed by atoms with Gasteiger partial charge in [0.05, 0.1) is 5.95 Å². The zero-order valence-corrected chi connectivity index (χ0v) is 14.7. The predicted molar refractivity (Wildman–Crippen MR) is 89.4 cm³/mol. The second-order valence-electron chi connectivity index (χ2n) is 5.21. The van der Waals surface area contributed by atoms with Crippen LogP contribution in [0.25, 0.3) is 0 Å². The van der Waals surface area contributed by atoms with E-state index in [9.17, 15) is 24.6 Å². The van der Waals surface area contributed by atoms with Gasteiger partial charge in [-0.05, 0) is 24.6 Å². The molecule has 1 aromatic heterocycles. The molecular weight excluding hydrogens is 366 g/mol. The molecule has 2 atom stereocenters. The minimum atomic E-state index is -1.15. The first-order chi connectivity index (χ1) is 12.4. The minimum Gasteiger partial charge on any atom is -0.577 e. The summed E-state index contributed by atoms with van der Waals surface area (Å²) in [6.07, 6.45) is 0.480. The van der Waals surface area contributed by atoms with E-state index in [1.165, 1.54) is 24.9 Å². The van der Waals surface area contributed by atoms with Crippen molar-refractivity contribution in [2.75, 3.05) is 12.9 Å². The third-order valence-corrected chi connectivity index (χ3v) is 4.76. The number of thioether (sulfide) groups is 1. The van der Waals surface area contributed by atoms with Gasteiger partial charge in [-0.3, -0.25) is 4.79 Å². The molecule has 2 rings (SSSR count). The molecule has 0 bridgehead atoms. The van der Waals surface area contributed by atoms with E-state index in [2.05, 4.69) is 20.6 Å². The minimum absolute atomic E-state index is 0.0114. The molecule has 10 nitrogen and oxygen atoms in total. The van der Waals surface area contributed by atoms with Crippen LogP contribution in [0.2, 0.25) is 0 Å². The molecule has 0 saturated carbocycles. The van der Waals surface area contributed by atoms with E-state index < -0.39 is 29.2 Å². The van der Waals surface area contributed by atoms with Gasteiger partial charge in [-0.1, -0.05) is 5.16 Å². The smallest absolute Gasteiger partial charge is 0.351 e. The molecule has 0 aromatic carbocycles. The summed E-state index contributed by atoms with van der Waals surface area (Å²) in [4.78, 5) is 39.7. The molecular formula is C15H16N3O7S-. The number of amides is 1. The van der Waals surface area contributed by atoms with Gasteiger partial charge in [0.25, 0.3) is 5.91 Å². The lowest BCUT2D eigenvalue weighted by Gasteiger charge is -2.30. The Balaban J connectivity index is 2.16. The normalized spacial score (nSPS) is 18.7. The molecule has 0 fully saturated rings. The van der Waals surface area contributed by atoms with Gasteiger partial charge in [0.15, 0.2) is 5.71 Å². The Morgan fingerprint density at radius 1 is 1.58 bits per heavy atom. The first kappa shape index (κ1) is 19.4. The second kappa shape index (κ2) is 8.43. The maximum atomic E-state index is 12.4. The number of carboxylic acids is 1. The van der Waals surface area contributed by atoms with Crippen LogP contribution in [-0.4, -0.2) is 53.3 Å². The molecule has 1 aliphatic heterocycles. The fourth-order valence-electron chi connectivity index (χ4n) is 2.17. The lowest BCUT2D eigenvalue weighted by atomic mass is 10.2. The first-order valence-electron chi connectivity index (χ1n) is 7.33. The Morgan fingerprint density at radius 2 is 2.31 bits per heavy atom. The number of nitrogens with one attached hydrogen (secondary N) is 2. The molecule has 3 N–H and O–H groups in total. The van der Waals surface area contributed by atoms with E-state index in [-0.39, 0.29) is 17.2 Å². The number of nitrogens with zero attached hydrogens (tertiary/aromatic N) is 1. The van der Waals surface area contributed by atoms with Gasteiger partial charge in [-0.2, -0.15) is 0 Å².